The van der Waals surface area contributed by atoms with Gasteiger partial charge in [-0.05, 0) is 24.0 Å². The van der Waals surface area contributed by atoms with Gasteiger partial charge in [0, 0.05) is 22.7 Å². The zero-order valence-corrected chi connectivity index (χ0v) is 9.48. The van der Waals surface area contributed by atoms with Gasteiger partial charge in [-0.25, -0.2) is 4.39 Å². The third kappa shape index (κ3) is 2.17. The Morgan fingerprint density at radius 1 is 1.25 bits per heavy atom. The predicted octanol–water partition coefficient (Wildman–Crippen LogP) is 2.90. The first-order valence-electron chi connectivity index (χ1n) is 4.73. The lowest BCUT2D eigenvalue weighted by molar-refractivity contribution is 0.624. The van der Waals surface area contributed by atoms with Gasteiger partial charge < -0.3 is 4.98 Å². The summed E-state index contributed by atoms with van der Waals surface area (Å²) in [6.45, 7) is 0. The Balaban J connectivity index is 2.50. The van der Waals surface area contributed by atoms with Crippen LogP contribution in [0.1, 0.15) is 0 Å². The zero-order chi connectivity index (χ0) is 11.5. The van der Waals surface area contributed by atoms with Gasteiger partial charge >= 0.3 is 0 Å². The highest BCUT2D eigenvalue weighted by molar-refractivity contribution is 7.98. The molecule has 2 nitrogen and oxygen atoms in total. The number of aromatic amines is 1. The Hall–Kier alpha value is -1.55. The van der Waals surface area contributed by atoms with E-state index in [4.69, 9.17) is 0 Å². The Morgan fingerprint density at radius 2 is 1.94 bits per heavy atom. The average Bonchev–Trinajstić information content (AvgIpc) is 2.32. The second-order valence-electron chi connectivity index (χ2n) is 3.29. The third-order valence-electron chi connectivity index (χ3n) is 2.27. The van der Waals surface area contributed by atoms with Crippen LogP contribution in [0.15, 0.2) is 46.2 Å². The van der Waals surface area contributed by atoms with Crippen LogP contribution in [-0.4, -0.2) is 11.2 Å². The van der Waals surface area contributed by atoms with Crippen molar-refractivity contribution in [1.82, 2.24) is 4.98 Å². The Bertz CT molecular complexity index is 548. The van der Waals surface area contributed by atoms with Gasteiger partial charge in [-0.15, -0.1) is 11.8 Å². The van der Waals surface area contributed by atoms with E-state index in [2.05, 4.69) is 4.98 Å². The van der Waals surface area contributed by atoms with E-state index in [9.17, 15) is 9.18 Å². The molecule has 0 aliphatic rings. The molecule has 0 amide bonds. The first-order valence-corrected chi connectivity index (χ1v) is 5.96. The second-order valence-corrected chi connectivity index (χ2v) is 4.17. The van der Waals surface area contributed by atoms with Crippen LogP contribution in [0.2, 0.25) is 0 Å². The van der Waals surface area contributed by atoms with Crippen LogP contribution in [0.5, 0.6) is 0 Å². The van der Waals surface area contributed by atoms with Crippen molar-refractivity contribution in [2.75, 3.05) is 6.26 Å². The maximum atomic E-state index is 13.5. The molecule has 0 atom stereocenters. The maximum Gasteiger partial charge on any atom is 0.248 e. The molecule has 0 radical (unpaired) electrons. The number of rotatable bonds is 2. The van der Waals surface area contributed by atoms with E-state index >= 15 is 0 Å². The van der Waals surface area contributed by atoms with E-state index in [0.29, 0.717) is 11.1 Å². The number of aromatic nitrogens is 1. The van der Waals surface area contributed by atoms with E-state index in [0.717, 1.165) is 11.1 Å². The fourth-order valence-electron chi connectivity index (χ4n) is 1.45. The zero-order valence-electron chi connectivity index (χ0n) is 8.66. The summed E-state index contributed by atoms with van der Waals surface area (Å²) in [6.07, 6.45) is 3.06. The third-order valence-corrected chi connectivity index (χ3v) is 3.02. The van der Waals surface area contributed by atoms with E-state index in [-0.39, 0.29) is 5.56 Å². The first kappa shape index (κ1) is 11.0. The molecule has 1 N–H and O–H groups in total. The molecule has 4 heteroatoms. The number of pyridine rings is 1. The van der Waals surface area contributed by atoms with Gasteiger partial charge in [0.2, 0.25) is 5.56 Å². The highest BCUT2D eigenvalue weighted by Gasteiger charge is 2.05. The van der Waals surface area contributed by atoms with Gasteiger partial charge in [0.1, 0.15) is 5.82 Å². The lowest BCUT2D eigenvalue weighted by atomic mass is 10.1. The summed E-state index contributed by atoms with van der Waals surface area (Å²) in [4.78, 5) is 14.5. The van der Waals surface area contributed by atoms with E-state index in [1.807, 2.05) is 30.5 Å². The van der Waals surface area contributed by atoms with Crippen molar-refractivity contribution < 1.29 is 4.39 Å². The molecule has 0 saturated heterocycles. The quantitative estimate of drug-likeness (QED) is 0.812. The minimum atomic E-state index is -0.420. The summed E-state index contributed by atoms with van der Waals surface area (Å²) >= 11 is 1.62. The lowest BCUT2D eigenvalue weighted by Crippen LogP contribution is -2.04. The van der Waals surface area contributed by atoms with Crippen LogP contribution in [-0.2, 0) is 0 Å². The smallest absolute Gasteiger partial charge is 0.248 e. The number of hydrogen-bond acceptors (Lipinski definition) is 2. The topological polar surface area (TPSA) is 32.9 Å². The van der Waals surface area contributed by atoms with Crippen molar-refractivity contribution in [2.45, 2.75) is 4.90 Å². The summed E-state index contributed by atoms with van der Waals surface area (Å²) in [5, 5.41) is 0. The number of thioether (sulfide) groups is 1. The second kappa shape index (κ2) is 4.53. The molecule has 0 spiro atoms. The van der Waals surface area contributed by atoms with Crippen LogP contribution < -0.4 is 5.56 Å². The fraction of sp³-hybridized carbons (Fsp3) is 0.0833. The van der Waals surface area contributed by atoms with Crippen molar-refractivity contribution in [3.63, 3.8) is 0 Å². The largest absolute Gasteiger partial charge is 0.326 e. The van der Waals surface area contributed by atoms with Crippen LogP contribution in [0.4, 0.5) is 4.39 Å². The molecule has 1 aromatic heterocycles. The molecule has 0 unspecified atom stereocenters. The normalized spacial score (nSPS) is 10.4. The van der Waals surface area contributed by atoms with E-state index in [1.165, 1.54) is 6.07 Å². The average molecular weight is 235 g/mol. The minimum absolute atomic E-state index is 0.301. The number of hydrogen-bond donors (Lipinski definition) is 1. The van der Waals surface area contributed by atoms with Crippen LogP contribution in [0.25, 0.3) is 11.1 Å². The van der Waals surface area contributed by atoms with Crippen LogP contribution in [0, 0.1) is 5.82 Å². The molecule has 82 valence electrons. The number of nitrogens with one attached hydrogen (secondary N) is 1. The van der Waals surface area contributed by atoms with Gasteiger partial charge in [0.15, 0.2) is 0 Å². The van der Waals surface area contributed by atoms with E-state index in [1.54, 1.807) is 11.8 Å². The molecule has 16 heavy (non-hydrogen) atoms. The monoisotopic (exact) mass is 235 g/mol. The number of halogens is 1. The molecule has 1 aromatic carbocycles. The van der Waals surface area contributed by atoms with Crippen molar-refractivity contribution in [3.05, 3.63) is 52.7 Å². The fourth-order valence-corrected chi connectivity index (χ4v) is 1.85. The molecule has 2 aromatic rings. The van der Waals surface area contributed by atoms with Crippen molar-refractivity contribution in [1.29, 1.82) is 0 Å². The van der Waals surface area contributed by atoms with Gasteiger partial charge in [-0.2, -0.15) is 0 Å². The lowest BCUT2D eigenvalue weighted by Gasteiger charge is -2.03. The summed E-state index contributed by atoms with van der Waals surface area (Å²) in [6, 6.07) is 8.69. The summed E-state index contributed by atoms with van der Waals surface area (Å²) in [7, 11) is 0. The summed E-state index contributed by atoms with van der Waals surface area (Å²) in [5.41, 5.74) is 0.739. The summed E-state index contributed by atoms with van der Waals surface area (Å²) in [5.74, 6) is -0.420. The molecule has 2 rings (SSSR count). The highest BCUT2D eigenvalue weighted by atomic mass is 32.2. The molecular weight excluding hydrogens is 225 g/mol. The van der Waals surface area contributed by atoms with Gasteiger partial charge in [0.05, 0.1) is 0 Å². The molecule has 0 saturated carbocycles. The number of benzene rings is 1. The van der Waals surface area contributed by atoms with Gasteiger partial charge in [0.25, 0.3) is 0 Å². The maximum absolute atomic E-state index is 13.5. The van der Waals surface area contributed by atoms with Gasteiger partial charge in [-0.3, -0.25) is 4.79 Å². The van der Waals surface area contributed by atoms with Gasteiger partial charge in [-0.1, -0.05) is 12.1 Å². The Morgan fingerprint density at radius 3 is 2.56 bits per heavy atom. The summed E-state index contributed by atoms with van der Waals surface area (Å²) < 4.78 is 13.5. The Kier molecular flexibility index (Phi) is 3.10. The van der Waals surface area contributed by atoms with E-state index < -0.39 is 5.82 Å². The van der Waals surface area contributed by atoms with Crippen molar-refractivity contribution in [3.8, 4) is 11.1 Å². The molecule has 0 fully saturated rings. The SMILES string of the molecule is CSc1ccc(-c2cc(=O)[nH]cc2F)cc1. The highest BCUT2D eigenvalue weighted by Crippen LogP contribution is 2.23. The van der Waals surface area contributed by atoms with Crippen molar-refractivity contribution in [2.24, 2.45) is 0 Å². The van der Waals surface area contributed by atoms with Crippen LogP contribution >= 0.6 is 11.8 Å². The van der Waals surface area contributed by atoms with Crippen molar-refractivity contribution >= 4 is 11.8 Å². The van der Waals surface area contributed by atoms with Crippen LogP contribution in [0.3, 0.4) is 0 Å². The predicted molar refractivity (Wildman–Crippen MR) is 64.2 cm³/mol. The molecular formula is C12H10FNOS. The minimum Gasteiger partial charge on any atom is -0.326 e. The molecule has 0 aliphatic heterocycles. The molecule has 0 bridgehead atoms. The Labute approximate surface area is 96.5 Å². The molecule has 1 heterocycles. The first-order chi connectivity index (χ1) is 7.70. The molecule has 0 aliphatic carbocycles. The number of H-pyrrole nitrogens is 1. The standard InChI is InChI=1S/C12H10FNOS/c1-16-9-4-2-8(3-5-9)10-6-12(15)14-7-11(10)13/h2-7H,1H3,(H,14,15).